The summed E-state index contributed by atoms with van der Waals surface area (Å²) in [4.78, 5) is 17.7. The van der Waals surface area contributed by atoms with E-state index in [1.807, 2.05) is 17.9 Å². The van der Waals surface area contributed by atoms with Crippen LogP contribution in [0.2, 0.25) is 0 Å². The number of aliphatic carboxylic acids is 1. The van der Waals surface area contributed by atoms with E-state index < -0.39 is 23.3 Å². The number of anilines is 1. The normalized spacial score (nSPS) is 11.9. The number of nitrogens with zero attached hydrogens (tertiary/aromatic N) is 3. The molecule has 0 fully saturated rings. The molecule has 0 bridgehead atoms. The maximum Gasteiger partial charge on any atom is 0.416 e. The van der Waals surface area contributed by atoms with E-state index in [1.54, 1.807) is 18.2 Å². The highest BCUT2D eigenvalue weighted by atomic mass is 19.4. The summed E-state index contributed by atoms with van der Waals surface area (Å²) >= 11 is 0. The second-order valence-electron chi connectivity index (χ2n) is 9.02. The fourth-order valence-corrected chi connectivity index (χ4v) is 3.54. The van der Waals surface area contributed by atoms with Crippen LogP contribution in [0.1, 0.15) is 56.2 Å². The number of carboxylic acids is 1. The molecule has 7 nitrogen and oxygen atoms in total. The van der Waals surface area contributed by atoms with Crippen LogP contribution in [0, 0.1) is 0 Å². The zero-order valence-electron chi connectivity index (χ0n) is 20.5. The highest BCUT2D eigenvalue weighted by Crippen LogP contribution is 2.29. The Morgan fingerprint density at radius 1 is 1.08 bits per heavy atom. The van der Waals surface area contributed by atoms with E-state index >= 15 is 0 Å². The molecule has 1 N–H and O–H groups in total. The van der Waals surface area contributed by atoms with Gasteiger partial charge in [0.05, 0.1) is 5.56 Å². The minimum atomic E-state index is -4.39. The van der Waals surface area contributed by atoms with Gasteiger partial charge in [-0.1, -0.05) is 31.2 Å². The number of aromatic nitrogens is 2. The fourth-order valence-electron chi connectivity index (χ4n) is 3.54. The number of halogens is 3. The van der Waals surface area contributed by atoms with E-state index in [-0.39, 0.29) is 0 Å². The van der Waals surface area contributed by atoms with E-state index in [9.17, 15) is 23.1 Å². The lowest BCUT2D eigenvalue weighted by atomic mass is 10.1. The van der Waals surface area contributed by atoms with Crippen LogP contribution >= 0.6 is 0 Å². The summed E-state index contributed by atoms with van der Waals surface area (Å²) in [5.41, 5.74) is -0.402. The first kappa shape index (κ1) is 27.0. The zero-order chi connectivity index (χ0) is 26.3. The molecular formula is C26H30F3N3O4. The Hall–Kier alpha value is -3.56. The maximum absolute atomic E-state index is 12.9. The molecule has 0 atom stereocenters. The summed E-state index contributed by atoms with van der Waals surface area (Å²) < 4.78 is 49.7. The van der Waals surface area contributed by atoms with Gasteiger partial charge in [-0.05, 0) is 73.7 Å². The molecule has 10 heteroatoms. The number of carbonyl (C=O) groups is 1. The molecule has 36 heavy (non-hydrogen) atoms. The number of hydrogen-bond acceptors (Lipinski definition) is 6. The predicted octanol–water partition coefficient (Wildman–Crippen LogP) is 5.92. The van der Waals surface area contributed by atoms with E-state index in [0.29, 0.717) is 55.5 Å². The first-order valence-corrected chi connectivity index (χ1v) is 11.7. The Kier molecular flexibility index (Phi) is 8.60. The van der Waals surface area contributed by atoms with Crippen LogP contribution < -0.4 is 9.64 Å². The number of carboxylic acid groups (broad SMARTS) is 1. The number of benzene rings is 2. The van der Waals surface area contributed by atoms with E-state index in [0.717, 1.165) is 24.1 Å². The quantitative estimate of drug-likeness (QED) is 0.327. The van der Waals surface area contributed by atoms with Crippen molar-refractivity contribution in [1.29, 1.82) is 0 Å². The number of alkyl halides is 3. The molecular weight excluding hydrogens is 475 g/mol. The molecule has 0 aliphatic carbocycles. The van der Waals surface area contributed by atoms with Crippen molar-refractivity contribution < 1.29 is 32.3 Å². The summed E-state index contributed by atoms with van der Waals surface area (Å²) in [6, 6.07) is 12.3. The number of rotatable bonds is 12. The molecule has 0 radical (unpaired) electrons. The topological polar surface area (TPSA) is 88.7 Å². The third kappa shape index (κ3) is 7.47. The molecule has 0 amide bonds. The van der Waals surface area contributed by atoms with Crippen molar-refractivity contribution in [2.24, 2.45) is 0 Å². The van der Waals surface area contributed by atoms with Crippen molar-refractivity contribution in [3.05, 3.63) is 71.1 Å². The van der Waals surface area contributed by atoms with Gasteiger partial charge in [-0.15, -0.1) is 0 Å². The van der Waals surface area contributed by atoms with Gasteiger partial charge in [-0.25, -0.2) is 4.79 Å². The van der Waals surface area contributed by atoms with Crippen molar-refractivity contribution in [2.75, 3.05) is 11.4 Å². The molecule has 2 aromatic carbocycles. The summed E-state index contributed by atoms with van der Waals surface area (Å²) in [5.74, 6) is 0.299. The lowest BCUT2D eigenvalue weighted by molar-refractivity contribution is -0.152. The summed E-state index contributed by atoms with van der Waals surface area (Å²) in [6.07, 6.45) is -1.56. The van der Waals surface area contributed by atoms with E-state index in [1.165, 1.54) is 26.0 Å². The van der Waals surface area contributed by atoms with Crippen molar-refractivity contribution >= 4 is 11.9 Å². The van der Waals surface area contributed by atoms with Crippen molar-refractivity contribution in [2.45, 2.75) is 64.8 Å². The molecule has 0 unspecified atom stereocenters. The van der Waals surface area contributed by atoms with Crippen molar-refractivity contribution in [1.82, 2.24) is 10.1 Å². The summed E-state index contributed by atoms with van der Waals surface area (Å²) in [7, 11) is 0. The predicted molar refractivity (Wildman–Crippen MR) is 128 cm³/mol. The van der Waals surface area contributed by atoms with Crippen LogP contribution in [-0.2, 0) is 30.4 Å². The van der Waals surface area contributed by atoms with Crippen LogP contribution in [0.25, 0.3) is 0 Å². The molecule has 3 rings (SSSR count). The van der Waals surface area contributed by atoms with Gasteiger partial charge in [0.15, 0.2) is 5.60 Å². The Morgan fingerprint density at radius 3 is 2.44 bits per heavy atom. The molecule has 1 aromatic heterocycles. The van der Waals surface area contributed by atoms with Gasteiger partial charge in [-0.3, -0.25) is 0 Å². The van der Waals surface area contributed by atoms with Crippen LogP contribution in [0.3, 0.4) is 0 Å². The average Bonchev–Trinajstić information content (AvgIpc) is 3.27. The molecule has 1 heterocycles. The lowest BCUT2D eigenvalue weighted by Crippen LogP contribution is -2.37. The van der Waals surface area contributed by atoms with Gasteiger partial charge in [0, 0.05) is 19.5 Å². The molecule has 0 saturated carbocycles. The fraction of sp³-hybridized carbons (Fsp3) is 0.423. The van der Waals surface area contributed by atoms with E-state index in [4.69, 9.17) is 9.26 Å². The number of aryl methyl sites for hydroxylation is 2. The minimum Gasteiger partial charge on any atom is -0.478 e. The van der Waals surface area contributed by atoms with Gasteiger partial charge in [-0.2, -0.15) is 18.2 Å². The largest absolute Gasteiger partial charge is 0.478 e. The third-order valence-electron chi connectivity index (χ3n) is 5.54. The van der Waals surface area contributed by atoms with Crippen LogP contribution in [0.4, 0.5) is 19.1 Å². The second-order valence-corrected chi connectivity index (χ2v) is 9.02. The zero-order valence-corrected chi connectivity index (χ0v) is 20.5. The van der Waals surface area contributed by atoms with Crippen LogP contribution in [0.15, 0.2) is 53.1 Å². The molecule has 0 saturated heterocycles. The number of hydrogen-bond donors (Lipinski definition) is 1. The van der Waals surface area contributed by atoms with Crippen molar-refractivity contribution in [3.63, 3.8) is 0 Å². The van der Waals surface area contributed by atoms with Gasteiger partial charge in [0.1, 0.15) is 5.75 Å². The average molecular weight is 506 g/mol. The molecule has 3 aromatic rings. The molecule has 194 valence electrons. The lowest BCUT2D eigenvalue weighted by Gasteiger charge is -2.22. The summed E-state index contributed by atoms with van der Waals surface area (Å²) in [5, 5.41) is 13.4. The van der Waals surface area contributed by atoms with Crippen LogP contribution in [-0.4, -0.2) is 33.4 Å². The Bertz CT molecular complexity index is 1140. The Labute approximate surface area is 207 Å². The number of ether oxygens (including phenoxy) is 1. The second kappa shape index (κ2) is 11.5. The maximum atomic E-state index is 12.9. The Morgan fingerprint density at radius 2 is 1.81 bits per heavy atom. The van der Waals surface area contributed by atoms with E-state index in [2.05, 4.69) is 10.1 Å². The summed E-state index contributed by atoms with van der Waals surface area (Å²) in [6.45, 7) is 5.81. The smallest absolute Gasteiger partial charge is 0.416 e. The highest BCUT2D eigenvalue weighted by Gasteiger charge is 2.30. The Balaban J connectivity index is 1.70. The first-order chi connectivity index (χ1) is 17.0. The third-order valence-corrected chi connectivity index (χ3v) is 5.54. The van der Waals surface area contributed by atoms with Crippen LogP contribution in [0.5, 0.6) is 5.75 Å². The van der Waals surface area contributed by atoms with Gasteiger partial charge >= 0.3 is 12.1 Å². The molecule has 0 aliphatic rings. The van der Waals surface area contributed by atoms with Gasteiger partial charge in [0.2, 0.25) is 5.89 Å². The highest BCUT2D eigenvalue weighted by molar-refractivity contribution is 5.76. The first-order valence-electron chi connectivity index (χ1n) is 11.7. The molecule has 0 spiro atoms. The van der Waals surface area contributed by atoms with Gasteiger partial charge in [0.25, 0.3) is 5.95 Å². The SMILES string of the molecule is CCCc1nc(N(CCCc2cccc(OC(C)(C)C(=O)O)c2)Cc2ccc(C(F)(F)F)cc2)no1. The standard InChI is InChI=1S/C26H30F3N3O4/c1-4-7-22-30-24(31-36-22)32(17-19-11-13-20(14-12-19)26(27,28)29)15-6-9-18-8-5-10-21(16-18)35-25(2,3)23(33)34/h5,8,10-14,16H,4,6-7,9,15,17H2,1-3H3,(H,33,34). The minimum absolute atomic E-state index is 0.319. The molecule has 0 aliphatic heterocycles. The monoisotopic (exact) mass is 505 g/mol. The van der Waals surface area contributed by atoms with Gasteiger partial charge < -0.3 is 19.3 Å². The van der Waals surface area contributed by atoms with Crippen molar-refractivity contribution in [3.8, 4) is 5.75 Å².